The van der Waals surface area contributed by atoms with Crippen molar-refractivity contribution < 1.29 is 9.15 Å². The van der Waals surface area contributed by atoms with Crippen LogP contribution in [0.3, 0.4) is 0 Å². The van der Waals surface area contributed by atoms with Crippen molar-refractivity contribution >= 4 is 0 Å². The zero-order valence-electron chi connectivity index (χ0n) is 18.0. The van der Waals surface area contributed by atoms with E-state index in [0.717, 1.165) is 43.0 Å². The van der Waals surface area contributed by atoms with Crippen LogP contribution >= 0.6 is 0 Å². The molecule has 0 atom stereocenters. The summed E-state index contributed by atoms with van der Waals surface area (Å²) in [6.45, 7) is 2.19. The van der Waals surface area contributed by atoms with E-state index in [-0.39, 0.29) is 0 Å². The molecule has 4 aromatic rings. The molecule has 152 valence electrons. The van der Waals surface area contributed by atoms with Crippen LogP contribution in [0.25, 0.3) is 33.8 Å². The minimum absolute atomic E-state index is 0.903. The van der Waals surface area contributed by atoms with Crippen molar-refractivity contribution in [3.05, 3.63) is 94.5 Å². The van der Waals surface area contributed by atoms with Crippen LogP contribution in [-0.4, -0.2) is 7.11 Å². The molecule has 0 saturated heterocycles. The highest BCUT2D eigenvalue weighted by Gasteiger charge is 2.38. The lowest BCUT2D eigenvalue weighted by molar-refractivity contribution is 0.414. The predicted molar refractivity (Wildman–Crippen MR) is 126 cm³/mol. The van der Waals surface area contributed by atoms with Crippen LogP contribution in [-0.2, 0) is 25.7 Å². The summed E-state index contributed by atoms with van der Waals surface area (Å²) in [6.07, 6.45) is 4.11. The maximum Gasteiger partial charge on any atom is 0.364 e. The van der Waals surface area contributed by atoms with Gasteiger partial charge in [0.15, 0.2) is 0 Å². The minimum Gasteiger partial charge on any atom is -0.497 e. The fourth-order valence-electron chi connectivity index (χ4n) is 5.35. The molecule has 2 aliphatic rings. The van der Waals surface area contributed by atoms with Crippen molar-refractivity contribution in [1.29, 1.82) is 0 Å². The quantitative estimate of drug-likeness (QED) is 0.332. The first-order chi connectivity index (χ1) is 15.2. The molecule has 2 heteroatoms. The highest BCUT2D eigenvalue weighted by Crippen LogP contribution is 2.48. The van der Waals surface area contributed by atoms with Crippen LogP contribution in [0.4, 0.5) is 0 Å². The van der Waals surface area contributed by atoms with E-state index in [1.807, 2.05) is 0 Å². The van der Waals surface area contributed by atoms with Gasteiger partial charge in [0.1, 0.15) is 5.75 Å². The summed E-state index contributed by atoms with van der Waals surface area (Å²) >= 11 is 0. The van der Waals surface area contributed by atoms with Gasteiger partial charge in [0, 0.05) is 5.56 Å². The molecule has 0 amide bonds. The van der Waals surface area contributed by atoms with E-state index in [2.05, 4.69) is 73.7 Å². The van der Waals surface area contributed by atoms with Gasteiger partial charge in [0.05, 0.1) is 29.4 Å². The third-order valence-electron chi connectivity index (χ3n) is 6.87. The molecule has 0 saturated carbocycles. The Morgan fingerprint density at radius 1 is 0.677 bits per heavy atom. The van der Waals surface area contributed by atoms with Crippen LogP contribution in [0.5, 0.6) is 5.75 Å². The molecule has 0 radical (unpaired) electrons. The largest absolute Gasteiger partial charge is 0.497 e. The fraction of sp³-hybridized carbons (Fsp3) is 0.207. The van der Waals surface area contributed by atoms with Gasteiger partial charge in [0.25, 0.3) is 0 Å². The molecule has 6 rings (SSSR count). The van der Waals surface area contributed by atoms with Gasteiger partial charge in [0.2, 0.25) is 0 Å². The summed E-state index contributed by atoms with van der Waals surface area (Å²) in [7, 11) is 1.73. The van der Waals surface area contributed by atoms with Gasteiger partial charge in [-0.2, -0.15) is 0 Å². The summed E-state index contributed by atoms with van der Waals surface area (Å²) < 4.78 is 12.3. The topological polar surface area (TPSA) is 20.5 Å². The van der Waals surface area contributed by atoms with Crippen LogP contribution in [0.1, 0.15) is 27.8 Å². The first-order valence-electron chi connectivity index (χ1n) is 11.1. The third-order valence-corrected chi connectivity index (χ3v) is 6.87. The van der Waals surface area contributed by atoms with Crippen LogP contribution in [0.2, 0.25) is 0 Å². The standard InChI is InChI=1S/C29H25O2/c1-18-17-21(30-2)13-16-22(18)27-25-14-11-19-7-3-5-9-23(19)28(25)31-29-24-10-6-4-8-20(24)12-15-26(27)29/h3-10,13,16-17H,11-12,14-15H2,1-2H3/q+1. The SMILES string of the molecule is COc1ccc(-c2c3c([o+]c4c2CCc2ccccc2-4)-c2ccccc2CC3)c(C)c1. The maximum atomic E-state index is 6.80. The van der Waals surface area contributed by atoms with Crippen LogP contribution in [0, 0.1) is 6.92 Å². The molecule has 2 aliphatic carbocycles. The van der Waals surface area contributed by atoms with E-state index in [0.29, 0.717) is 0 Å². The molecule has 0 spiro atoms. The van der Waals surface area contributed by atoms with Crippen molar-refractivity contribution in [2.45, 2.75) is 32.6 Å². The van der Waals surface area contributed by atoms with Gasteiger partial charge in [-0.3, -0.25) is 0 Å². The molecule has 0 fully saturated rings. The second-order valence-electron chi connectivity index (χ2n) is 8.59. The summed E-state index contributed by atoms with van der Waals surface area (Å²) in [5.74, 6) is 2.99. The average molecular weight is 406 g/mol. The Hall–Kier alpha value is -3.39. The number of ether oxygens (including phenoxy) is 1. The third kappa shape index (κ3) is 2.82. The number of aryl methyl sites for hydroxylation is 3. The molecular formula is C29H25O2+. The van der Waals surface area contributed by atoms with E-state index in [4.69, 9.17) is 9.15 Å². The van der Waals surface area contributed by atoms with Crippen LogP contribution < -0.4 is 4.74 Å². The second-order valence-corrected chi connectivity index (χ2v) is 8.59. The summed E-state index contributed by atoms with van der Waals surface area (Å²) in [5, 5.41) is 0. The number of methoxy groups -OCH3 is 1. The molecule has 1 aromatic heterocycles. The lowest BCUT2D eigenvalue weighted by Gasteiger charge is -2.23. The van der Waals surface area contributed by atoms with Crippen molar-refractivity contribution in [2.24, 2.45) is 0 Å². The Bertz CT molecular complexity index is 1260. The number of hydrogen-bond donors (Lipinski definition) is 0. The van der Waals surface area contributed by atoms with Gasteiger partial charge < -0.3 is 4.74 Å². The number of rotatable bonds is 2. The smallest absolute Gasteiger partial charge is 0.364 e. The molecular weight excluding hydrogens is 380 g/mol. The van der Waals surface area contributed by atoms with Gasteiger partial charge in [-0.1, -0.05) is 42.5 Å². The van der Waals surface area contributed by atoms with E-state index in [1.165, 1.54) is 50.1 Å². The lowest BCUT2D eigenvalue weighted by Crippen LogP contribution is -2.12. The molecule has 0 unspecified atom stereocenters. The highest BCUT2D eigenvalue weighted by molar-refractivity contribution is 5.87. The van der Waals surface area contributed by atoms with E-state index in [9.17, 15) is 0 Å². The molecule has 3 aromatic carbocycles. The second kappa shape index (κ2) is 7.09. The maximum absolute atomic E-state index is 6.80. The van der Waals surface area contributed by atoms with E-state index < -0.39 is 0 Å². The number of fused-ring (bicyclic) bond motifs is 6. The van der Waals surface area contributed by atoms with Gasteiger partial charge in [-0.25, -0.2) is 4.42 Å². The zero-order chi connectivity index (χ0) is 20.9. The first-order valence-corrected chi connectivity index (χ1v) is 11.1. The molecule has 31 heavy (non-hydrogen) atoms. The molecule has 1 heterocycles. The van der Waals surface area contributed by atoms with Gasteiger partial charge in [-0.05, 0) is 79.1 Å². The molecule has 0 bridgehead atoms. The number of benzene rings is 3. The summed E-state index contributed by atoms with van der Waals surface area (Å²) in [5.41, 5.74) is 11.8. The normalized spacial score (nSPS) is 13.6. The minimum atomic E-state index is 0.903. The molecule has 0 N–H and O–H groups in total. The average Bonchev–Trinajstić information content (AvgIpc) is 2.82. The summed E-state index contributed by atoms with van der Waals surface area (Å²) in [4.78, 5) is 0. The van der Waals surface area contributed by atoms with Crippen molar-refractivity contribution in [2.75, 3.05) is 7.11 Å². The van der Waals surface area contributed by atoms with Gasteiger partial charge >= 0.3 is 11.5 Å². The monoisotopic (exact) mass is 405 g/mol. The summed E-state index contributed by atoms with van der Waals surface area (Å²) in [6, 6.07) is 23.8. The van der Waals surface area contributed by atoms with Crippen molar-refractivity contribution in [3.63, 3.8) is 0 Å². The highest BCUT2D eigenvalue weighted by atomic mass is 16.5. The Morgan fingerprint density at radius 3 is 1.81 bits per heavy atom. The van der Waals surface area contributed by atoms with E-state index in [1.54, 1.807) is 7.11 Å². The molecule has 2 nitrogen and oxygen atoms in total. The zero-order valence-corrected chi connectivity index (χ0v) is 18.0. The van der Waals surface area contributed by atoms with Crippen LogP contribution in [0.15, 0.2) is 71.1 Å². The molecule has 0 aliphatic heterocycles. The Labute approximate surface area is 183 Å². The Morgan fingerprint density at radius 2 is 1.26 bits per heavy atom. The van der Waals surface area contributed by atoms with Gasteiger partial charge in [-0.15, -0.1) is 0 Å². The fourth-order valence-corrected chi connectivity index (χ4v) is 5.35. The Kier molecular flexibility index (Phi) is 4.21. The Balaban J connectivity index is 1.71. The van der Waals surface area contributed by atoms with E-state index >= 15 is 0 Å². The predicted octanol–water partition coefficient (Wildman–Crippen LogP) is 7.08. The first kappa shape index (κ1) is 18.4. The van der Waals surface area contributed by atoms with Crippen molar-refractivity contribution in [1.82, 2.24) is 0 Å². The lowest BCUT2D eigenvalue weighted by atomic mass is 9.79. The van der Waals surface area contributed by atoms with Crippen molar-refractivity contribution in [3.8, 4) is 39.5 Å². The number of hydrogen-bond acceptors (Lipinski definition) is 1.